The summed E-state index contributed by atoms with van der Waals surface area (Å²) < 4.78 is 0. The molecular weight excluding hydrogens is 172 g/mol. The van der Waals surface area contributed by atoms with E-state index in [-0.39, 0.29) is 6.10 Å². The van der Waals surface area contributed by atoms with Gasteiger partial charge in [0.1, 0.15) is 0 Å². The van der Waals surface area contributed by atoms with Crippen molar-refractivity contribution in [2.45, 2.75) is 45.1 Å². The molecule has 4 saturated carbocycles. The van der Waals surface area contributed by atoms with Gasteiger partial charge in [0.05, 0.1) is 6.10 Å². The Balaban J connectivity index is 0.000000226. The van der Waals surface area contributed by atoms with Gasteiger partial charge in [0, 0.05) is 0 Å². The monoisotopic (exact) mass is 194 g/mol. The lowest BCUT2D eigenvalue weighted by Gasteiger charge is -2.52. The highest BCUT2D eigenvalue weighted by atomic mass is 16.3. The van der Waals surface area contributed by atoms with Crippen LogP contribution in [-0.4, -0.2) is 11.2 Å². The second-order valence-corrected chi connectivity index (χ2v) is 5.33. The minimum Gasteiger partial charge on any atom is -0.393 e. The molecule has 4 aliphatic rings. The molecule has 1 heteroatoms. The molecular formula is C13H22O. The lowest BCUT2D eigenvalue weighted by molar-refractivity contribution is -0.0919. The fraction of sp³-hybridized carbons (Fsp3) is 0.846. The zero-order valence-electron chi connectivity index (χ0n) is 9.15. The van der Waals surface area contributed by atoms with Gasteiger partial charge in [-0.05, 0) is 62.7 Å². The number of rotatable bonds is 0. The van der Waals surface area contributed by atoms with Crippen molar-refractivity contribution in [3.8, 4) is 0 Å². The Hall–Kier alpha value is -0.300. The highest BCUT2D eigenvalue weighted by molar-refractivity contribution is 4.97. The van der Waals surface area contributed by atoms with Crippen molar-refractivity contribution in [3.63, 3.8) is 0 Å². The summed E-state index contributed by atoms with van der Waals surface area (Å²) in [5.74, 6) is 3.40. The van der Waals surface area contributed by atoms with Gasteiger partial charge >= 0.3 is 0 Å². The van der Waals surface area contributed by atoms with Crippen molar-refractivity contribution in [1.82, 2.24) is 0 Å². The first-order chi connectivity index (χ1) is 6.74. The molecule has 14 heavy (non-hydrogen) atoms. The van der Waals surface area contributed by atoms with E-state index in [1.807, 2.05) is 6.92 Å². The molecule has 0 amide bonds. The Morgan fingerprint density at radius 2 is 1.36 bits per heavy atom. The largest absolute Gasteiger partial charge is 0.393 e. The molecule has 0 aromatic carbocycles. The second-order valence-electron chi connectivity index (χ2n) is 5.33. The Labute approximate surface area is 87.2 Å². The van der Waals surface area contributed by atoms with Crippen LogP contribution in [0, 0.1) is 23.7 Å². The number of allylic oxidation sites excluding steroid dienone is 1. The zero-order valence-corrected chi connectivity index (χ0v) is 9.15. The van der Waals surface area contributed by atoms with Crippen LogP contribution in [0.3, 0.4) is 0 Å². The molecule has 1 N–H and O–H groups in total. The minimum absolute atomic E-state index is 0.0859. The van der Waals surface area contributed by atoms with Gasteiger partial charge in [0.2, 0.25) is 0 Å². The smallest absolute Gasteiger partial charge is 0.0596 e. The third-order valence-electron chi connectivity index (χ3n) is 4.18. The van der Waals surface area contributed by atoms with Gasteiger partial charge in [-0.15, -0.1) is 6.58 Å². The Morgan fingerprint density at radius 1 is 1.00 bits per heavy atom. The Bertz CT molecular complexity index is 181. The number of hydrogen-bond acceptors (Lipinski definition) is 1. The second kappa shape index (κ2) is 4.06. The van der Waals surface area contributed by atoms with Crippen LogP contribution >= 0.6 is 0 Å². The van der Waals surface area contributed by atoms with Crippen LogP contribution in [0.5, 0.6) is 0 Å². The fourth-order valence-electron chi connectivity index (χ4n) is 3.90. The highest BCUT2D eigenvalue weighted by Crippen LogP contribution is 2.53. The van der Waals surface area contributed by atoms with E-state index in [4.69, 9.17) is 0 Å². The number of aliphatic hydroxyl groups is 1. The van der Waals surface area contributed by atoms with Crippen LogP contribution in [0.25, 0.3) is 0 Å². The summed E-state index contributed by atoms with van der Waals surface area (Å²) in [7, 11) is 0. The van der Waals surface area contributed by atoms with Crippen LogP contribution in [0.2, 0.25) is 0 Å². The van der Waals surface area contributed by atoms with E-state index in [1.165, 1.54) is 32.1 Å². The van der Waals surface area contributed by atoms with Crippen LogP contribution in [0.1, 0.15) is 39.0 Å². The van der Waals surface area contributed by atoms with Crippen molar-refractivity contribution >= 4 is 0 Å². The maximum Gasteiger partial charge on any atom is 0.0596 e. The predicted octanol–water partition coefficient (Wildman–Crippen LogP) is 3.00. The minimum atomic E-state index is 0.0859. The molecule has 0 atom stereocenters. The summed E-state index contributed by atoms with van der Waals surface area (Å²) in [6.45, 7) is 5.25. The molecule has 4 bridgehead atoms. The zero-order chi connectivity index (χ0) is 10.1. The van der Waals surface area contributed by atoms with Gasteiger partial charge in [-0.25, -0.2) is 0 Å². The van der Waals surface area contributed by atoms with Crippen LogP contribution in [-0.2, 0) is 0 Å². The van der Waals surface area contributed by atoms with Gasteiger partial charge in [0.15, 0.2) is 0 Å². The van der Waals surface area contributed by atoms with Gasteiger partial charge < -0.3 is 5.11 Å². The molecule has 0 aromatic rings. The molecule has 0 spiro atoms. The quantitative estimate of drug-likeness (QED) is 0.588. The third-order valence-corrected chi connectivity index (χ3v) is 4.18. The molecule has 0 unspecified atom stereocenters. The Morgan fingerprint density at radius 3 is 1.71 bits per heavy atom. The van der Waals surface area contributed by atoms with Gasteiger partial charge in [0.25, 0.3) is 0 Å². The van der Waals surface area contributed by atoms with Crippen LogP contribution in [0.15, 0.2) is 12.7 Å². The van der Waals surface area contributed by atoms with E-state index in [1.54, 1.807) is 6.08 Å². The molecule has 0 radical (unpaired) electrons. The molecule has 0 aromatic heterocycles. The summed E-state index contributed by atoms with van der Waals surface area (Å²) in [6.07, 6.45) is 8.69. The predicted molar refractivity (Wildman–Crippen MR) is 58.9 cm³/mol. The van der Waals surface area contributed by atoms with E-state index in [9.17, 15) is 5.11 Å². The van der Waals surface area contributed by atoms with Crippen molar-refractivity contribution in [2.24, 2.45) is 23.7 Å². The van der Waals surface area contributed by atoms with E-state index in [0.29, 0.717) is 11.8 Å². The van der Waals surface area contributed by atoms with Gasteiger partial charge in [-0.3, -0.25) is 0 Å². The molecule has 80 valence electrons. The first-order valence-electron chi connectivity index (χ1n) is 5.99. The van der Waals surface area contributed by atoms with E-state index < -0.39 is 0 Å². The SMILES string of the molecule is C=CC.OC1C2CC3CC(C2)CC1C3. The summed E-state index contributed by atoms with van der Waals surface area (Å²) in [5, 5.41) is 9.83. The molecule has 0 aliphatic heterocycles. The van der Waals surface area contributed by atoms with Crippen LogP contribution in [0.4, 0.5) is 0 Å². The summed E-state index contributed by atoms with van der Waals surface area (Å²) in [4.78, 5) is 0. The first-order valence-corrected chi connectivity index (χ1v) is 5.99. The average molecular weight is 194 g/mol. The summed E-state index contributed by atoms with van der Waals surface area (Å²) in [5.41, 5.74) is 0. The van der Waals surface area contributed by atoms with Crippen LogP contribution < -0.4 is 0 Å². The molecule has 0 heterocycles. The van der Waals surface area contributed by atoms with Crippen molar-refractivity contribution in [3.05, 3.63) is 12.7 Å². The molecule has 4 fully saturated rings. The number of aliphatic hydroxyl groups excluding tert-OH is 1. The highest BCUT2D eigenvalue weighted by Gasteiger charge is 2.47. The lowest BCUT2D eigenvalue weighted by Crippen LogP contribution is -2.48. The topological polar surface area (TPSA) is 20.2 Å². The standard InChI is InChI=1S/C10H16O.C3H6/c11-10-8-2-6-1-7(4-8)5-9(10)3-6;1-3-2/h6-11H,1-5H2;3H,1H2,2H3. The fourth-order valence-corrected chi connectivity index (χ4v) is 3.90. The van der Waals surface area contributed by atoms with E-state index in [2.05, 4.69) is 6.58 Å². The Kier molecular flexibility index (Phi) is 2.96. The maximum absolute atomic E-state index is 9.83. The van der Waals surface area contributed by atoms with E-state index in [0.717, 1.165) is 11.8 Å². The third kappa shape index (κ3) is 1.75. The molecule has 4 rings (SSSR count). The van der Waals surface area contributed by atoms with Crippen molar-refractivity contribution < 1.29 is 5.11 Å². The summed E-state index contributed by atoms with van der Waals surface area (Å²) in [6, 6.07) is 0. The molecule has 4 aliphatic carbocycles. The first kappa shape index (κ1) is 10.2. The van der Waals surface area contributed by atoms with Crippen molar-refractivity contribution in [2.75, 3.05) is 0 Å². The number of hydrogen-bond donors (Lipinski definition) is 1. The normalized spacial score (nSPS) is 48.3. The van der Waals surface area contributed by atoms with E-state index >= 15 is 0 Å². The molecule has 0 saturated heterocycles. The molecule has 1 nitrogen and oxygen atoms in total. The van der Waals surface area contributed by atoms with Crippen molar-refractivity contribution in [1.29, 1.82) is 0 Å². The van der Waals surface area contributed by atoms with Gasteiger partial charge in [-0.1, -0.05) is 6.08 Å². The van der Waals surface area contributed by atoms with Gasteiger partial charge in [-0.2, -0.15) is 0 Å². The lowest BCUT2D eigenvalue weighted by atomic mass is 9.55. The maximum atomic E-state index is 9.83. The average Bonchev–Trinajstić information content (AvgIpc) is 2.14. The summed E-state index contributed by atoms with van der Waals surface area (Å²) >= 11 is 0.